The highest BCUT2D eigenvalue weighted by Crippen LogP contribution is 2.67. The number of fused-ring (bicyclic) bond motifs is 5. The lowest BCUT2D eigenvalue weighted by atomic mass is 9.47. The zero-order chi connectivity index (χ0) is 22.4. The molecule has 4 aliphatic rings. The van der Waals surface area contributed by atoms with Gasteiger partial charge in [0, 0.05) is 19.8 Å². The highest BCUT2D eigenvalue weighted by molar-refractivity contribution is 5.75. The number of hydrogen-bond donors (Lipinski definition) is 0. The molecule has 3 fully saturated rings. The van der Waals surface area contributed by atoms with E-state index >= 15 is 0 Å². The van der Waals surface area contributed by atoms with Crippen molar-refractivity contribution >= 4 is 11.8 Å². The minimum absolute atomic E-state index is 0.0916. The van der Waals surface area contributed by atoms with Gasteiger partial charge in [-0.3, -0.25) is 4.79 Å². The molecule has 3 heteroatoms. The van der Waals surface area contributed by atoms with Gasteiger partial charge in [-0.15, -0.1) is 0 Å². The maximum Gasteiger partial charge on any atom is 0.302 e. The van der Waals surface area contributed by atoms with Crippen LogP contribution in [0.3, 0.4) is 0 Å². The highest BCUT2D eigenvalue weighted by atomic mass is 16.5. The van der Waals surface area contributed by atoms with Crippen LogP contribution in [0.15, 0.2) is 11.6 Å². The van der Waals surface area contributed by atoms with Crippen LogP contribution in [0, 0.1) is 40.4 Å². The number of hydrogen-bond acceptors (Lipinski definition) is 3. The van der Waals surface area contributed by atoms with Gasteiger partial charge in [0.25, 0.3) is 0 Å². The molecule has 4 rings (SSSR count). The molecule has 0 aromatic heterocycles. The standard InChI is InChI=1S/C28H44O3/c1-18(7-6-8-19(2)29)24-11-12-25-23-10-9-21-17-22(31-20(3)30)13-15-27(21,4)26(23)14-16-28(24,25)5/h9,18,22-26H,6-8,10-17H2,1-5H3/t18-,22-,23+,24-,25+,26+,27+,28-/m1/s1. The first-order valence-corrected chi connectivity index (χ1v) is 13.0. The van der Waals surface area contributed by atoms with Crippen molar-refractivity contribution in [3.05, 3.63) is 11.6 Å². The van der Waals surface area contributed by atoms with Crippen LogP contribution in [0.2, 0.25) is 0 Å². The summed E-state index contributed by atoms with van der Waals surface area (Å²) in [7, 11) is 0. The Morgan fingerprint density at radius 2 is 1.87 bits per heavy atom. The number of Topliss-reactive ketones (excluding diaryl/α,β-unsaturated/α-hetero) is 1. The molecule has 174 valence electrons. The van der Waals surface area contributed by atoms with Crippen molar-refractivity contribution in [3.8, 4) is 0 Å². The van der Waals surface area contributed by atoms with Crippen molar-refractivity contribution < 1.29 is 14.3 Å². The highest BCUT2D eigenvalue weighted by Gasteiger charge is 2.59. The van der Waals surface area contributed by atoms with Gasteiger partial charge >= 0.3 is 5.97 Å². The Morgan fingerprint density at radius 1 is 1.10 bits per heavy atom. The lowest BCUT2D eigenvalue weighted by Gasteiger charge is -2.58. The molecule has 3 nitrogen and oxygen atoms in total. The second-order valence-corrected chi connectivity index (χ2v) is 12.0. The number of allylic oxidation sites excluding steroid dienone is 1. The summed E-state index contributed by atoms with van der Waals surface area (Å²) in [5, 5.41) is 0. The molecule has 0 radical (unpaired) electrons. The van der Waals surface area contributed by atoms with E-state index < -0.39 is 0 Å². The van der Waals surface area contributed by atoms with E-state index in [0.717, 1.165) is 55.3 Å². The molecule has 0 unspecified atom stereocenters. The first-order chi connectivity index (χ1) is 14.6. The molecule has 0 aromatic rings. The zero-order valence-electron chi connectivity index (χ0n) is 20.5. The Bertz CT molecular complexity index is 739. The van der Waals surface area contributed by atoms with Crippen LogP contribution in [0.5, 0.6) is 0 Å². The average molecular weight is 429 g/mol. The predicted molar refractivity (Wildman–Crippen MR) is 124 cm³/mol. The fraction of sp³-hybridized carbons (Fsp3) is 0.857. The topological polar surface area (TPSA) is 43.4 Å². The van der Waals surface area contributed by atoms with Gasteiger partial charge < -0.3 is 9.53 Å². The van der Waals surface area contributed by atoms with Gasteiger partial charge in [-0.25, -0.2) is 0 Å². The van der Waals surface area contributed by atoms with E-state index in [4.69, 9.17) is 4.74 Å². The molecule has 4 aliphatic carbocycles. The largest absolute Gasteiger partial charge is 0.462 e. The van der Waals surface area contributed by atoms with Crippen LogP contribution >= 0.6 is 0 Å². The summed E-state index contributed by atoms with van der Waals surface area (Å²) in [5.74, 6) is 4.24. The minimum Gasteiger partial charge on any atom is -0.462 e. The Labute approximate surface area is 189 Å². The van der Waals surface area contributed by atoms with E-state index in [1.54, 1.807) is 19.4 Å². The summed E-state index contributed by atoms with van der Waals surface area (Å²) in [5.41, 5.74) is 2.38. The van der Waals surface area contributed by atoms with Gasteiger partial charge in [0.1, 0.15) is 11.9 Å². The summed E-state index contributed by atoms with van der Waals surface area (Å²) in [6.45, 7) is 10.9. The summed E-state index contributed by atoms with van der Waals surface area (Å²) in [6.07, 6.45) is 15.6. The van der Waals surface area contributed by atoms with Crippen molar-refractivity contribution in [1.82, 2.24) is 0 Å². The van der Waals surface area contributed by atoms with Crippen molar-refractivity contribution in [2.45, 2.75) is 111 Å². The van der Waals surface area contributed by atoms with Crippen LogP contribution in [-0.2, 0) is 14.3 Å². The average Bonchev–Trinajstić information content (AvgIpc) is 3.05. The number of ketones is 1. The molecule has 31 heavy (non-hydrogen) atoms. The molecule has 0 spiro atoms. The second kappa shape index (κ2) is 8.67. The second-order valence-electron chi connectivity index (χ2n) is 12.0. The number of ether oxygens (including phenoxy) is 1. The predicted octanol–water partition coefficient (Wildman–Crippen LogP) is 6.89. The van der Waals surface area contributed by atoms with Gasteiger partial charge in [0.2, 0.25) is 0 Å². The van der Waals surface area contributed by atoms with Gasteiger partial charge in [0.15, 0.2) is 0 Å². The minimum atomic E-state index is -0.134. The lowest BCUT2D eigenvalue weighted by molar-refractivity contribution is -0.148. The van der Waals surface area contributed by atoms with Crippen LogP contribution in [0.4, 0.5) is 0 Å². The molecule has 3 saturated carbocycles. The van der Waals surface area contributed by atoms with Crippen molar-refractivity contribution in [2.75, 3.05) is 0 Å². The molecule has 0 heterocycles. The van der Waals surface area contributed by atoms with Crippen molar-refractivity contribution in [3.63, 3.8) is 0 Å². The molecule has 8 atom stereocenters. The number of rotatable bonds is 6. The Morgan fingerprint density at radius 3 is 2.58 bits per heavy atom. The zero-order valence-corrected chi connectivity index (χ0v) is 20.5. The van der Waals surface area contributed by atoms with Gasteiger partial charge in [-0.05, 0) is 98.7 Å². The Balaban J connectivity index is 1.47. The van der Waals surface area contributed by atoms with Gasteiger partial charge in [0.05, 0.1) is 0 Å². The maximum absolute atomic E-state index is 11.5. The molecule has 0 amide bonds. The SMILES string of the molecule is CC(=O)CCC[C@@H](C)[C@H]1CC[C@H]2[C@@H]3CC=C4C[C@H](OC(C)=O)CC[C@]4(C)[C@H]3CC[C@]12C. The van der Waals surface area contributed by atoms with E-state index in [1.807, 2.05) is 0 Å². The van der Waals surface area contributed by atoms with E-state index in [2.05, 4.69) is 26.8 Å². The lowest BCUT2D eigenvalue weighted by Crippen LogP contribution is -2.51. The molecular formula is C28H44O3. The fourth-order valence-corrected chi connectivity index (χ4v) is 8.81. The van der Waals surface area contributed by atoms with E-state index in [-0.39, 0.29) is 12.1 Å². The summed E-state index contributed by atoms with van der Waals surface area (Å²) in [6, 6.07) is 0. The third kappa shape index (κ3) is 4.15. The monoisotopic (exact) mass is 428 g/mol. The van der Waals surface area contributed by atoms with E-state index in [1.165, 1.54) is 44.9 Å². The summed E-state index contributed by atoms with van der Waals surface area (Å²) < 4.78 is 5.59. The first kappa shape index (κ1) is 23.1. The summed E-state index contributed by atoms with van der Waals surface area (Å²) >= 11 is 0. The third-order valence-corrected chi connectivity index (χ3v) is 10.3. The molecule has 0 aromatic carbocycles. The van der Waals surface area contributed by atoms with Crippen LogP contribution in [0.25, 0.3) is 0 Å². The van der Waals surface area contributed by atoms with Crippen molar-refractivity contribution in [1.29, 1.82) is 0 Å². The molecule has 0 aliphatic heterocycles. The normalized spacial score (nSPS) is 42.6. The van der Waals surface area contributed by atoms with Crippen LogP contribution in [0.1, 0.15) is 105 Å². The fourth-order valence-electron chi connectivity index (χ4n) is 8.81. The smallest absolute Gasteiger partial charge is 0.302 e. The summed E-state index contributed by atoms with van der Waals surface area (Å²) in [4.78, 5) is 22.8. The third-order valence-electron chi connectivity index (χ3n) is 10.3. The van der Waals surface area contributed by atoms with E-state index in [0.29, 0.717) is 16.6 Å². The van der Waals surface area contributed by atoms with Crippen molar-refractivity contribution in [2.24, 2.45) is 40.4 Å². The molecule has 0 N–H and O–H groups in total. The number of esters is 1. The molecule has 0 bridgehead atoms. The maximum atomic E-state index is 11.5. The quantitative estimate of drug-likeness (QED) is 0.342. The van der Waals surface area contributed by atoms with Crippen LogP contribution < -0.4 is 0 Å². The first-order valence-electron chi connectivity index (χ1n) is 13.0. The van der Waals surface area contributed by atoms with Crippen LogP contribution in [-0.4, -0.2) is 17.9 Å². The Hall–Kier alpha value is -1.12. The van der Waals surface area contributed by atoms with E-state index in [9.17, 15) is 9.59 Å². The molecule has 0 saturated heterocycles. The number of carbonyl (C=O) groups excluding carboxylic acids is 2. The molecular weight excluding hydrogens is 384 g/mol. The Kier molecular flexibility index (Phi) is 6.45. The number of carbonyl (C=O) groups is 2. The van der Waals surface area contributed by atoms with Gasteiger partial charge in [-0.1, -0.05) is 38.8 Å². The van der Waals surface area contributed by atoms with Gasteiger partial charge in [-0.2, -0.15) is 0 Å².